The van der Waals surface area contributed by atoms with Crippen molar-refractivity contribution in [1.82, 2.24) is 29.3 Å². The normalized spacial score (nSPS) is 18.0. The highest BCUT2D eigenvalue weighted by molar-refractivity contribution is 6.05. The van der Waals surface area contributed by atoms with Crippen molar-refractivity contribution < 1.29 is 14.4 Å². The van der Waals surface area contributed by atoms with Crippen LogP contribution in [0.5, 0.6) is 0 Å². The van der Waals surface area contributed by atoms with Crippen LogP contribution >= 0.6 is 0 Å². The van der Waals surface area contributed by atoms with Crippen molar-refractivity contribution in [3.8, 4) is 11.3 Å². The first-order chi connectivity index (χ1) is 16.5. The van der Waals surface area contributed by atoms with Gasteiger partial charge in [0, 0.05) is 61.7 Å². The van der Waals surface area contributed by atoms with E-state index in [-0.39, 0.29) is 18.2 Å². The fourth-order valence-electron chi connectivity index (χ4n) is 4.89. The number of nitrogens with zero attached hydrogens (tertiary/aromatic N) is 5. The Morgan fingerprint density at radius 2 is 2.00 bits per heavy atom. The number of imide groups is 1. The summed E-state index contributed by atoms with van der Waals surface area (Å²) in [4.78, 5) is 47.5. The molecule has 1 unspecified atom stereocenters. The number of carbonyl (C=O) groups excluding carboxylic acids is 3. The summed E-state index contributed by atoms with van der Waals surface area (Å²) in [6.07, 6.45) is 8.07. The van der Waals surface area contributed by atoms with Gasteiger partial charge in [-0.3, -0.25) is 19.7 Å². The van der Waals surface area contributed by atoms with Gasteiger partial charge >= 0.3 is 0 Å². The second-order valence-corrected chi connectivity index (χ2v) is 8.84. The maximum absolute atomic E-state index is 13.0. The molecule has 0 bridgehead atoms. The summed E-state index contributed by atoms with van der Waals surface area (Å²) in [6.45, 7) is 1.01. The first-order valence-electron chi connectivity index (χ1n) is 11.2. The molecule has 34 heavy (non-hydrogen) atoms. The monoisotopic (exact) mass is 454 g/mol. The van der Waals surface area contributed by atoms with Gasteiger partial charge < -0.3 is 14.0 Å². The number of rotatable bonds is 4. The van der Waals surface area contributed by atoms with Gasteiger partial charge in [-0.1, -0.05) is 6.07 Å². The maximum atomic E-state index is 13.0. The fourth-order valence-corrected chi connectivity index (χ4v) is 4.89. The Kier molecular flexibility index (Phi) is 4.58. The van der Waals surface area contributed by atoms with Crippen LogP contribution in [0.25, 0.3) is 22.3 Å². The van der Waals surface area contributed by atoms with E-state index in [1.807, 2.05) is 46.8 Å². The van der Waals surface area contributed by atoms with Gasteiger partial charge in [0.15, 0.2) is 0 Å². The van der Waals surface area contributed by atoms with E-state index in [2.05, 4.69) is 22.4 Å². The number of piperidine rings is 1. The first-order valence-corrected chi connectivity index (χ1v) is 11.2. The second-order valence-electron chi connectivity index (χ2n) is 8.84. The molecular formula is C25H22N6O3. The van der Waals surface area contributed by atoms with E-state index in [0.717, 1.165) is 33.4 Å². The van der Waals surface area contributed by atoms with Gasteiger partial charge in [0.1, 0.15) is 11.7 Å². The molecule has 1 aromatic carbocycles. The molecule has 3 amide bonds. The summed E-state index contributed by atoms with van der Waals surface area (Å²) in [7, 11) is 1.97. The Bertz CT molecular complexity index is 1470. The molecule has 6 rings (SSSR count). The molecule has 170 valence electrons. The number of amides is 3. The Hall–Kier alpha value is -4.27. The summed E-state index contributed by atoms with van der Waals surface area (Å²) in [5, 5.41) is 3.43. The van der Waals surface area contributed by atoms with Crippen LogP contribution in [0.3, 0.4) is 0 Å². The molecule has 1 atom stereocenters. The minimum absolute atomic E-state index is 0.178. The van der Waals surface area contributed by atoms with E-state index < -0.39 is 11.9 Å². The molecule has 9 nitrogen and oxygen atoms in total. The van der Waals surface area contributed by atoms with Gasteiger partial charge in [-0.05, 0) is 41.8 Å². The van der Waals surface area contributed by atoms with Crippen LogP contribution in [-0.2, 0) is 29.7 Å². The van der Waals surface area contributed by atoms with Crippen LogP contribution in [-0.4, -0.2) is 47.8 Å². The third kappa shape index (κ3) is 3.28. The van der Waals surface area contributed by atoms with Crippen LogP contribution in [0.1, 0.15) is 34.3 Å². The SMILES string of the molecule is Cn1ccc2c(Cn3ccnc3)cc(-c3ccc4c(c3)CN(C3CCC(=O)NC3=O)C4=O)nc21. The van der Waals surface area contributed by atoms with Crippen molar-refractivity contribution in [2.24, 2.45) is 7.05 Å². The lowest BCUT2D eigenvalue weighted by Crippen LogP contribution is -2.52. The van der Waals surface area contributed by atoms with Gasteiger partial charge in [0.2, 0.25) is 11.8 Å². The Balaban J connectivity index is 1.36. The number of hydrogen-bond acceptors (Lipinski definition) is 5. The largest absolute Gasteiger partial charge is 0.336 e. The number of aromatic nitrogens is 4. The van der Waals surface area contributed by atoms with Crippen molar-refractivity contribution in [1.29, 1.82) is 0 Å². The van der Waals surface area contributed by atoms with Gasteiger partial charge in [0.05, 0.1) is 12.0 Å². The highest BCUT2D eigenvalue weighted by atomic mass is 16.2. The lowest BCUT2D eigenvalue weighted by molar-refractivity contribution is -0.136. The lowest BCUT2D eigenvalue weighted by atomic mass is 10.0. The molecule has 5 heterocycles. The zero-order chi connectivity index (χ0) is 23.4. The molecule has 2 aliphatic heterocycles. The van der Waals surface area contributed by atoms with Crippen LogP contribution in [0.4, 0.5) is 0 Å². The Morgan fingerprint density at radius 1 is 1.12 bits per heavy atom. The number of imidazole rings is 1. The highest BCUT2D eigenvalue weighted by Gasteiger charge is 2.39. The zero-order valence-electron chi connectivity index (χ0n) is 18.6. The summed E-state index contributed by atoms with van der Waals surface area (Å²) < 4.78 is 4.02. The van der Waals surface area contributed by atoms with Gasteiger partial charge in [0.25, 0.3) is 5.91 Å². The van der Waals surface area contributed by atoms with E-state index in [9.17, 15) is 14.4 Å². The van der Waals surface area contributed by atoms with Crippen molar-refractivity contribution in [2.75, 3.05) is 0 Å². The molecule has 1 fully saturated rings. The molecule has 1 saturated heterocycles. The average molecular weight is 454 g/mol. The first kappa shape index (κ1) is 20.3. The quantitative estimate of drug-likeness (QED) is 0.477. The minimum atomic E-state index is -0.624. The van der Waals surface area contributed by atoms with Crippen molar-refractivity contribution in [2.45, 2.75) is 32.0 Å². The molecule has 0 radical (unpaired) electrons. The summed E-state index contributed by atoms with van der Waals surface area (Å²) in [5.41, 5.74) is 5.18. The van der Waals surface area contributed by atoms with Crippen LogP contribution in [0.2, 0.25) is 0 Å². The molecule has 3 aromatic heterocycles. The highest BCUT2D eigenvalue weighted by Crippen LogP contribution is 2.32. The van der Waals surface area contributed by atoms with Crippen molar-refractivity contribution in [3.05, 3.63) is 71.9 Å². The molecule has 9 heteroatoms. The Morgan fingerprint density at radius 3 is 2.79 bits per heavy atom. The number of aryl methyl sites for hydroxylation is 1. The third-order valence-electron chi connectivity index (χ3n) is 6.65. The molecule has 1 N–H and O–H groups in total. The molecule has 0 saturated carbocycles. The average Bonchev–Trinajstić information content (AvgIpc) is 3.54. The van der Waals surface area contributed by atoms with Crippen LogP contribution in [0, 0.1) is 0 Å². The summed E-state index contributed by atoms with van der Waals surface area (Å²) in [5.74, 6) is -0.873. The van der Waals surface area contributed by atoms with E-state index in [0.29, 0.717) is 25.1 Å². The van der Waals surface area contributed by atoms with Gasteiger partial charge in [-0.15, -0.1) is 0 Å². The van der Waals surface area contributed by atoms with E-state index in [1.54, 1.807) is 17.4 Å². The molecule has 2 aliphatic rings. The number of hydrogen-bond donors (Lipinski definition) is 1. The standard InChI is InChI=1S/C25H22N6O3/c1-29-8-6-18-17(12-30-9-7-26-14-30)11-20(27-23(18)29)15-2-3-19-16(10-15)13-31(25(19)34)21-4-5-22(32)28-24(21)33/h2-3,6-11,14,21H,4-5,12-13H2,1H3,(H,28,32,33). The van der Waals surface area contributed by atoms with Gasteiger partial charge in [-0.25, -0.2) is 9.97 Å². The van der Waals surface area contributed by atoms with E-state index in [1.165, 1.54) is 0 Å². The third-order valence-corrected chi connectivity index (χ3v) is 6.65. The van der Waals surface area contributed by atoms with Crippen molar-refractivity contribution in [3.63, 3.8) is 0 Å². The number of fused-ring (bicyclic) bond motifs is 2. The van der Waals surface area contributed by atoms with E-state index in [4.69, 9.17) is 4.98 Å². The van der Waals surface area contributed by atoms with E-state index >= 15 is 0 Å². The maximum Gasteiger partial charge on any atom is 0.255 e. The Labute approximate surface area is 195 Å². The number of carbonyl (C=O) groups is 3. The summed E-state index contributed by atoms with van der Waals surface area (Å²) >= 11 is 0. The molecular weight excluding hydrogens is 432 g/mol. The van der Waals surface area contributed by atoms with Crippen molar-refractivity contribution >= 4 is 28.8 Å². The van der Waals surface area contributed by atoms with Crippen LogP contribution in [0.15, 0.2) is 55.2 Å². The zero-order valence-corrected chi connectivity index (χ0v) is 18.6. The lowest BCUT2D eigenvalue weighted by Gasteiger charge is -2.29. The predicted octanol–water partition coefficient (Wildman–Crippen LogP) is 2.25. The number of benzene rings is 1. The smallest absolute Gasteiger partial charge is 0.255 e. The predicted molar refractivity (Wildman–Crippen MR) is 124 cm³/mol. The topological polar surface area (TPSA) is 102 Å². The number of pyridine rings is 1. The second kappa shape index (κ2) is 7.65. The minimum Gasteiger partial charge on any atom is -0.336 e. The molecule has 0 spiro atoms. The van der Waals surface area contributed by atoms with Gasteiger partial charge in [-0.2, -0.15) is 0 Å². The summed E-state index contributed by atoms with van der Waals surface area (Å²) in [6, 6.07) is 9.22. The molecule has 0 aliphatic carbocycles. The number of nitrogens with one attached hydrogen (secondary N) is 1. The fraction of sp³-hybridized carbons (Fsp3) is 0.240. The molecule has 4 aromatic rings. The van der Waals surface area contributed by atoms with Crippen LogP contribution < -0.4 is 5.32 Å².